The summed E-state index contributed by atoms with van der Waals surface area (Å²) < 4.78 is 27.7. The van der Waals surface area contributed by atoms with Crippen LogP contribution in [0, 0.1) is 11.6 Å². The first-order valence-corrected chi connectivity index (χ1v) is 8.69. The number of aryl methyl sites for hydroxylation is 1. The van der Waals surface area contributed by atoms with E-state index < -0.39 is 35.0 Å². The molecule has 0 bridgehead atoms. The van der Waals surface area contributed by atoms with Crippen LogP contribution < -0.4 is 16.2 Å². The van der Waals surface area contributed by atoms with E-state index in [1.807, 2.05) is 0 Å². The Morgan fingerprint density at radius 1 is 1.14 bits per heavy atom. The zero-order valence-electron chi connectivity index (χ0n) is 15.4. The third-order valence-electron chi connectivity index (χ3n) is 4.27. The summed E-state index contributed by atoms with van der Waals surface area (Å²) >= 11 is 0. The Morgan fingerprint density at radius 3 is 2.62 bits per heavy atom. The topological polar surface area (TPSA) is 106 Å². The Kier molecular flexibility index (Phi) is 5.91. The summed E-state index contributed by atoms with van der Waals surface area (Å²) in [7, 11) is 1.35. The van der Waals surface area contributed by atoms with Crippen molar-refractivity contribution < 1.29 is 18.4 Å². The van der Waals surface area contributed by atoms with E-state index >= 15 is 0 Å². The maximum absolute atomic E-state index is 13.5. The number of aromatic nitrogens is 3. The molecule has 150 valence electrons. The summed E-state index contributed by atoms with van der Waals surface area (Å²) in [6, 6.07) is 8.37. The molecule has 2 N–H and O–H groups in total. The van der Waals surface area contributed by atoms with Crippen molar-refractivity contribution in [2.75, 3.05) is 7.05 Å². The van der Waals surface area contributed by atoms with Crippen molar-refractivity contribution in [1.29, 1.82) is 0 Å². The smallest absolute Gasteiger partial charge is 0.277 e. The predicted molar refractivity (Wildman–Crippen MR) is 99.7 cm³/mol. The third kappa shape index (κ3) is 4.42. The van der Waals surface area contributed by atoms with E-state index in [0.717, 1.165) is 16.8 Å². The monoisotopic (exact) mass is 401 g/mol. The molecule has 0 aliphatic carbocycles. The van der Waals surface area contributed by atoms with Gasteiger partial charge in [0.15, 0.2) is 11.6 Å². The molecule has 2 aromatic carbocycles. The van der Waals surface area contributed by atoms with Gasteiger partial charge in [0.1, 0.15) is 11.6 Å². The van der Waals surface area contributed by atoms with Crippen LogP contribution in [0.25, 0.3) is 10.9 Å². The van der Waals surface area contributed by atoms with Crippen molar-refractivity contribution in [3.8, 4) is 0 Å². The van der Waals surface area contributed by atoms with Gasteiger partial charge in [0, 0.05) is 13.5 Å². The van der Waals surface area contributed by atoms with Gasteiger partial charge in [0.2, 0.25) is 11.8 Å². The summed E-state index contributed by atoms with van der Waals surface area (Å²) in [6.07, 6.45) is -0.176. The predicted octanol–water partition coefficient (Wildman–Crippen LogP) is 1.06. The van der Waals surface area contributed by atoms with Crippen molar-refractivity contribution in [3.63, 3.8) is 0 Å². The Balaban J connectivity index is 1.74. The zero-order valence-corrected chi connectivity index (χ0v) is 15.4. The summed E-state index contributed by atoms with van der Waals surface area (Å²) in [6.45, 7) is -0.0687. The minimum atomic E-state index is -1.22. The van der Waals surface area contributed by atoms with Gasteiger partial charge in [-0.3, -0.25) is 14.4 Å². The van der Waals surface area contributed by atoms with Gasteiger partial charge in [-0.05, 0) is 29.8 Å². The number of hydrogen-bond acceptors (Lipinski definition) is 5. The summed E-state index contributed by atoms with van der Waals surface area (Å²) in [5, 5.41) is 12.9. The first-order valence-electron chi connectivity index (χ1n) is 8.69. The molecule has 0 radical (unpaired) electrons. The number of likely N-dealkylation sites (N-methyl/N-ethyl adjacent to an activating group) is 1. The highest BCUT2D eigenvalue weighted by Gasteiger charge is 2.23. The highest BCUT2D eigenvalue weighted by molar-refractivity contribution is 5.88. The molecule has 1 unspecified atom stereocenters. The molecule has 2 amide bonds. The molecule has 10 heteroatoms. The fraction of sp³-hybridized carbons (Fsp3) is 0.211. The number of nitrogens with zero attached hydrogens (tertiary/aromatic N) is 3. The molecule has 0 saturated carbocycles. The van der Waals surface area contributed by atoms with Crippen LogP contribution in [0.5, 0.6) is 0 Å². The molecule has 0 fully saturated rings. The lowest BCUT2D eigenvalue weighted by Gasteiger charge is -2.18. The fourth-order valence-electron chi connectivity index (χ4n) is 2.75. The zero-order chi connectivity index (χ0) is 21.0. The molecule has 3 rings (SSSR count). The maximum Gasteiger partial charge on any atom is 0.277 e. The summed E-state index contributed by atoms with van der Waals surface area (Å²) in [5.74, 6) is -3.38. The minimum Gasteiger partial charge on any atom is -0.357 e. The highest BCUT2D eigenvalue weighted by Crippen LogP contribution is 2.17. The fourth-order valence-corrected chi connectivity index (χ4v) is 2.75. The molecule has 1 atom stereocenters. The van der Waals surface area contributed by atoms with Gasteiger partial charge in [0.25, 0.3) is 5.56 Å². The van der Waals surface area contributed by atoms with Gasteiger partial charge in [-0.1, -0.05) is 23.4 Å². The van der Waals surface area contributed by atoms with E-state index in [1.54, 1.807) is 24.3 Å². The third-order valence-corrected chi connectivity index (χ3v) is 4.27. The first kappa shape index (κ1) is 20.1. The quantitative estimate of drug-likeness (QED) is 0.643. The van der Waals surface area contributed by atoms with E-state index in [4.69, 9.17) is 0 Å². The van der Waals surface area contributed by atoms with Gasteiger partial charge in [-0.25, -0.2) is 13.5 Å². The van der Waals surface area contributed by atoms with E-state index in [2.05, 4.69) is 20.9 Å². The number of halogens is 2. The average molecular weight is 401 g/mol. The van der Waals surface area contributed by atoms with Crippen molar-refractivity contribution in [3.05, 3.63) is 70.0 Å². The second kappa shape index (κ2) is 8.55. The summed E-state index contributed by atoms with van der Waals surface area (Å²) in [5.41, 5.74) is 0.127. The molecule has 29 heavy (non-hydrogen) atoms. The van der Waals surface area contributed by atoms with Crippen molar-refractivity contribution in [2.24, 2.45) is 0 Å². The number of benzene rings is 2. The lowest BCUT2D eigenvalue weighted by Crippen LogP contribution is -2.39. The van der Waals surface area contributed by atoms with Gasteiger partial charge in [0.05, 0.1) is 11.9 Å². The molecule has 0 saturated heterocycles. The number of hydrogen-bond donors (Lipinski definition) is 2. The number of carbonyl (C=O) groups excluding carboxylic acids is 2. The van der Waals surface area contributed by atoms with Gasteiger partial charge in [-0.15, -0.1) is 5.10 Å². The second-order valence-corrected chi connectivity index (χ2v) is 6.17. The number of amides is 2. The van der Waals surface area contributed by atoms with Crippen LogP contribution in [0.3, 0.4) is 0 Å². The average Bonchev–Trinajstić information content (AvgIpc) is 2.73. The van der Waals surface area contributed by atoms with Crippen molar-refractivity contribution >= 4 is 22.7 Å². The van der Waals surface area contributed by atoms with Crippen LogP contribution in [0.1, 0.15) is 18.0 Å². The Morgan fingerprint density at radius 2 is 1.90 bits per heavy atom. The molecular formula is C19H17F2N5O3. The van der Waals surface area contributed by atoms with E-state index in [1.165, 1.54) is 13.1 Å². The van der Waals surface area contributed by atoms with E-state index in [9.17, 15) is 23.2 Å². The van der Waals surface area contributed by atoms with Gasteiger partial charge in [-0.2, -0.15) is 0 Å². The van der Waals surface area contributed by atoms with Crippen LogP contribution in [0.4, 0.5) is 8.78 Å². The number of carbonyl (C=O) groups is 2. The lowest BCUT2D eigenvalue weighted by molar-refractivity contribution is -0.129. The first-order chi connectivity index (χ1) is 13.9. The molecule has 1 aromatic heterocycles. The number of fused-ring (bicyclic) bond motifs is 1. The molecular weight excluding hydrogens is 384 g/mol. The van der Waals surface area contributed by atoms with Crippen LogP contribution >= 0.6 is 0 Å². The Bertz CT molecular complexity index is 1130. The van der Waals surface area contributed by atoms with Crippen LogP contribution in [0.2, 0.25) is 0 Å². The standard InChI is InChI=1S/C19H17F2N5O3/c1-22-18(28)17(11-6-7-13(20)14(21)10-11)23-16(27)8-9-26-19(29)12-4-2-3-5-15(12)24-25-26/h2-7,10,17H,8-9H2,1H3,(H,22,28)(H,23,27). The lowest BCUT2D eigenvalue weighted by atomic mass is 10.1. The van der Waals surface area contributed by atoms with Crippen molar-refractivity contribution in [1.82, 2.24) is 25.6 Å². The van der Waals surface area contributed by atoms with E-state index in [0.29, 0.717) is 10.9 Å². The molecule has 0 aliphatic rings. The van der Waals surface area contributed by atoms with Gasteiger partial charge >= 0.3 is 0 Å². The van der Waals surface area contributed by atoms with Gasteiger partial charge < -0.3 is 10.6 Å². The highest BCUT2D eigenvalue weighted by atomic mass is 19.2. The maximum atomic E-state index is 13.5. The number of rotatable bonds is 6. The summed E-state index contributed by atoms with van der Waals surface area (Å²) in [4.78, 5) is 36.8. The van der Waals surface area contributed by atoms with E-state index in [-0.39, 0.29) is 18.5 Å². The van der Waals surface area contributed by atoms with Crippen LogP contribution in [-0.2, 0) is 16.1 Å². The normalized spacial score (nSPS) is 11.8. The molecule has 0 spiro atoms. The molecule has 8 nitrogen and oxygen atoms in total. The largest absolute Gasteiger partial charge is 0.357 e. The second-order valence-electron chi connectivity index (χ2n) is 6.17. The van der Waals surface area contributed by atoms with Crippen LogP contribution in [-0.4, -0.2) is 33.9 Å². The number of nitrogens with one attached hydrogen (secondary N) is 2. The molecule has 0 aliphatic heterocycles. The molecule has 3 aromatic rings. The van der Waals surface area contributed by atoms with Crippen LogP contribution in [0.15, 0.2) is 47.3 Å². The Labute approximate surface area is 163 Å². The SMILES string of the molecule is CNC(=O)C(NC(=O)CCn1nnc2ccccc2c1=O)c1ccc(F)c(F)c1. The Hall–Kier alpha value is -3.69. The minimum absolute atomic E-state index is 0.0687. The molecule has 1 heterocycles. The van der Waals surface area contributed by atoms with Crippen molar-refractivity contribution in [2.45, 2.75) is 19.0 Å².